The van der Waals surface area contributed by atoms with Crippen LogP contribution < -0.4 is 15.4 Å². The largest absolute Gasteiger partial charge is 0.484 e. The van der Waals surface area contributed by atoms with Gasteiger partial charge in [0.15, 0.2) is 12.6 Å². The fraction of sp³-hybridized carbons (Fsp3) is 0.619. The second-order valence-electron chi connectivity index (χ2n) is 7.69. The zero-order valence-electron chi connectivity index (χ0n) is 16.9. The Balaban J connectivity index is 0.00000280. The number of aliphatic imine (C=N–C) groups is 1. The molecule has 6 nitrogen and oxygen atoms in total. The number of hydrogen-bond acceptors (Lipinski definition) is 3. The van der Waals surface area contributed by atoms with Gasteiger partial charge in [0.05, 0.1) is 0 Å². The number of guanidine groups is 1. The van der Waals surface area contributed by atoms with Crippen molar-refractivity contribution in [3.05, 3.63) is 29.8 Å². The van der Waals surface area contributed by atoms with E-state index in [1.165, 1.54) is 18.4 Å². The molecule has 1 atom stereocenters. The van der Waals surface area contributed by atoms with Gasteiger partial charge in [-0.25, -0.2) is 0 Å². The highest BCUT2D eigenvalue weighted by molar-refractivity contribution is 14.0. The summed E-state index contributed by atoms with van der Waals surface area (Å²) in [7, 11) is 1.85. The van der Waals surface area contributed by atoms with Crippen LogP contribution in [0.5, 0.6) is 5.75 Å². The SMILES string of the molecule is CN=C(NCCc1ccc(OCC(=O)NC2CC2)cc1)N1CCCC(C)C1.I. The van der Waals surface area contributed by atoms with Crippen molar-refractivity contribution < 1.29 is 9.53 Å². The Morgan fingerprint density at radius 3 is 2.64 bits per heavy atom. The summed E-state index contributed by atoms with van der Waals surface area (Å²) in [6.07, 6.45) is 5.66. The number of piperidine rings is 1. The third-order valence-corrected chi connectivity index (χ3v) is 5.10. The number of carbonyl (C=O) groups excluding carboxylic acids is 1. The molecule has 156 valence electrons. The monoisotopic (exact) mass is 500 g/mol. The lowest BCUT2D eigenvalue weighted by Gasteiger charge is -2.33. The Kier molecular flexibility index (Phi) is 9.34. The van der Waals surface area contributed by atoms with Crippen molar-refractivity contribution in [3.63, 3.8) is 0 Å². The van der Waals surface area contributed by atoms with Crippen molar-refractivity contribution in [1.29, 1.82) is 0 Å². The van der Waals surface area contributed by atoms with E-state index >= 15 is 0 Å². The first-order valence-corrected chi connectivity index (χ1v) is 10.1. The minimum Gasteiger partial charge on any atom is -0.484 e. The van der Waals surface area contributed by atoms with Crippen LogP contribution in [0.15, 0.2) is 29.3 Å². The molecule has 1 aromatic rings. The number of ether oxygens (including phenoxy) is 1. The predicted octanol–water partition coefficient (Wildman–Crippen LogP) is 2.81. The molecule has 0 bridgehead atoms. The lowest BCUT2D eigenvalue weighted by molar-refractivity contribution is -0.123. The van der Waals surface area contributed by atoms with Crippen LogP contribution in [0.3, 0.4) is 0 Å². The molecule has 0 aromatic heterocycles. The van der Waals surface area contributed by atoms with E-state index in [0.29, 0.717) is 6.04 Å². The van der Waals surface area contributed by atoms with Gasteiger partial charge < -0.3 is 20.3 Å². The maximum Gasteiger partial charge on any atom is 0.258 e. The predicted molar refractivity (Wildman–Crippen MR) is 124 cm³/mol. The van der Waals surface area contributed by atoms with Gasteiger partial charge in [-0.2, -0.15) is 0 Å². The number of benzene rings is 1. The highest BCUT2D eigenvalue weighted by atomic mass is 127. The van der Waals surface area contributed by atoms with E-state index < -0.39 is 0 Å². The van der Waals surface area contributed by atoms with Crippen LogP contribution in [0.1, 0.15) is 38.2 Å². The Morgan fingerprint density at radius 2 is 2.00 bits per heavy atom. The summed E-state index contributed by atoms with van der Waals surface area (Å²) in [5.41, 5.74) is 1.24. The maximum absolute atomic E-state index is 11.7. The van der Waals surface area contributed by atoms with Crippen LogP contribution in [-0.2, 0) is 11.2 Å². The molecule has 1 heterocycles. The highest BCUT2D eigenvalue weighted by Crippen LogP contribution is 2.18. The van der Waals surface area contributed by atoms with E-state index in [0.717, 1.165) is 56.5 Å². The van der Waals surface area contributed by atoms with E-state index in [9.17, 15) is 4.79 Å². The second kappa shape index (κ2) is 11.5. The summed E-state index contributed by atoms with van der Waals surface area (Å²) in [5, 5.41) is 6.40. The van der Waals surface area contributed by atoms with Crippen LogP contribution in [0.2, 0.25) is 0 Å². The number of hydrogen-bond donors (Lipinski definition) is 2. The number of nitrogens with one attached hydrogen (secondary N) is 2. The minimum atomic E-state index is -0.0378. The number of halogens is 1. The van der Waals surface area contributed by atoms with Gasteiger partial charge in [-0.15, -0.1) is 24.0 Å². The van der Waals surface area contributed by atoms with Crippen molar-refractivity contribution in [1.82, 2.24) is 15.5 Å². The average Bonchev–Trinajstić information content (AvgIpc) is 3.48. The number of amides is 1. The summed E-state index contributed by atoms with van der Waals surface area (Å²) < 4.78 is 5.55. The smallest absolute Gasteiger partial charge is 0.258 e. The van der Waals surface area contributed by atoms with Gasteiger partial charge in [-0.1, -0.05) is 19.1 Å². The summed E-state index contributed by atoms with van der Waals surface area (Å²) in [6, 6.07) is 8.35. The van der Waals surface area contributed by atoms with E-state index in [4.69, 9.17) is 4.74 Å². The van der Waals surface area contributed by atoms with Gasteiger partial charge >= 0.3 is 0 Å². The van der Waals surface area contributed by atoms with Gasteiger partial charge in [0.2, 0.25) is 0 Å². The number of likely N-dealkylation sites (tertiary alicyclic amines) is 1. The maximum atomic E-state index is 11.7. The zero-order valence-corrected chi connectivity index (χ0v) is 19.3. The summed E-state index contributed by atoms with van der Waals surface area (Å²) in [6.45, 7) is 5.41. The normalized spacial score (nSPS) is 19.6. The first-order chi connectivity index (χ1) is 13.1. The van der Waals surface area contributed by atoms with E-state index in [2.05, 4.69) is 39.6 Å². The van der Waals surface area contributed by atoms with Crippen LogP contribution in [0, 0.1) is 5.92 Å². The fourth-order valence-electron chi connectivity index (χ4n) is 3.43. The second-order valence-corrected chi connectivity index (χ2v) is 7.69. The molecule has 1 amide bonds. The highest BCUT2D eigenvalue weighted by Gasteiger charge is 2.23. The van der Waals surface area contributed by atoms with Crippen molar-refractivity contribution in [3.8, 4) is 5.75 Å². The van der Waals surface area contributed by atoms with Crippen LogP contribution in [-0.4, -0.2) is 56.1 Å². The molecule has 1 saturated carbocycles. The zero-order chi connectivity index (χ0) is 19.1. The molecule has 1 aliphatic carbocycles. The summed E-state index contributed by atoms with van der Waals surface area (Å²) >= 11 is 0. The molecule has 7 heteroatoms. The summed E-state index contributed by atoms with van der Waals surface area (Å²) in [4.78, 5) is 18.4. The Morgan fingerprint density at radius 1 is 1.25 bits per heavy atom. The molecule has 1 saturated heterocycles. The molecule has 3 rings (SSSR count). The van der Waals surface area contributed by atoms with Crippen LogP contribution >= 0.6 is 24.0 Å². The van der Waals surface area contributed by atoms with Gasteiger partial charge in [-0.05, 0) is 55.7 Å². The third-order valence-electron chi connectivity index (χ3n) is 5.10. The van der Waals surface area contributed by atoms with Crippen molar-refractivity contribution in [2.75, 3.05) is 33.3 Å². The molecule has 1 unspecified atom stereocenters. The third kappa shape index (κ3) is 7.48. The van der Waals surface area contributed by atoms with Crippen molar-refractivity contribution >= 4 is 35.8 Å². The van der Waals surface area contributed by atoms with Gasteiger partial charge in [0.1, 0.15) is 5.75 Å². The van der Waals surface area contributed by atoms with Crippen molar-refractivity contribution in [2.24, 2.45) is 10.9 Å². The van der Waals surface area contributed by atoms with Crippen LogP contribution in [0.25, 0.3) is 0 Å². The van der Waals surface area contributed by atoms with Crippen molar-refractivity contribution in [2.45, 2.75) is 45.1 Å². The molecule has 0 radical (unpaired) electrons. The number of carbonyl (C=O) groups is 1. The lowest BCUT2D eigenvalue weighted by atomic mass is 10.0. The standard InChI is InChI=1S/C21H32N4O2.HI/c1-16-4-3-13-25(14-16)21(22-2)23-12-11-17-5-9-19(10-6-17)27-15-20(26)24-18-7-8-18;/h5-6,9-10,16,18H,3-4,7-8,11-15H2,1-2H3,(H,22,23)(H,24,26);1H. The van der Waals surface area contributed by atoms with E-state index in [1.807, 2.05) is 19.2 Å². The van der Waals surface area contributed by atoms with E-state index in [-0.39, 0.29) is 36.5 Å². The molecule has 28 heavy (non-hydrogen) atoms. The average molecular weight is 500 g/mol. The topological polar surface area (TPSA) is 66.0 Å². The molecule has 2 fully saturated rings. The number of nitrogens with zero attached hydrogens (tertiary/aromatic N) is 2. The molecule has 2 aliphatic rings. The molecule has 0 spiro atoms. The minimum absolute atomic E-state index is 0. The molecule has 1 aromatic carbocycles. The Bertz CT molecular complexity index is 646. The molecule has 2 N–H and O–H groups in total. The van der Waals surface area contributed by atoms with Gasteiger partial charge in [0.25, 0.3) is 5.91 Å². The van der Waals surface area contributed by atoms with E-state index in [1.54, 1.807) is 0 Å². The van der Waals surface area contributed by atoms with Gasteiger partial charge in [-0.3, -0.25) is 9.79 Å². The quantitative estimate of drug-likeness (QED) is 0.344. The Labute approximate surface area is 185 Å². The Hall–Kier alpha value is -1.51. The summed E-state index contributed by atoms with van der Waals surface area (Å²) in [5.74, 6) is 2.43. The van der Waals surface area contributed by atoms with Gasteiger partial charge in [0, 0.05) is 32.7 Å². The lowest BCUT2D eigenvalue weighted by Crippen LogP contribution is -2.46. The molecular formula is C21H33IN4O2. The fourth-order valence-corrected chi connectivity index (χ4v) is 3.43. The molecule has 1 aliphatic heterocycles. The molecular weight excluding hydrogens is 467 g/mol. The first-order valence-electron chi connectivity index (χ1n) is 10.1. The first kappa shape index (κ1) is 22.8. The number of rotatable bonds is 7. The van der Waals surface area contributed by atoms with Crippen LogP contribution in [0.4, 0.5) is 0 Å².